The molecule has 1 rings (SSSR count). The van der Waals surface area contributed by atoms with E-state index in [9.17, 15) is 4.79 Å². The molecule has 0 spiro atoms. The van der Waals surface area contributed by atoms with Crippen LogP contribution < -0.4 is 10.6 Å². The Labute approximate surface area is 169 Å². The van der Waals surface area contributed by atoms with Crippen molar-refractivity contribution in [1.29, 1.82) is 0 Å². The summed E-state index contributed by atoms with van der Waals surface area (Å²) in [5, 5.41) is 6.57. The van der Waals surface area contributed by atoms with Crippen LogP contribution >= 0.6 is 24.0 Å². The average molecular weight is 470 g/mol. The minimum absolute atomic E-state index is 0. The molecule has 0 aliphatic carbocycles. The molecule has 0 unspecified atom stereocenters. The van der Waals surface area contributed by atoms with Gasteiger partial charge in [0.2, 0.25) is 0 Å². The van der Waals surface area contributed by atoms with E-state index in [-0.39, 0.29) is 36.1 Å². The lowest BCUT2D eigenvalue weighted by molar-refractivity contribution is 0.00700. The predicted molar refractivity (Wildman–Crippen MR) is 112 cm³/mol. The van der Waals surface area contributed by atoms with Gasteiger partial charge in [-0.25, -0.2) is 4.79 Å². The molecule has 1 aliphatic heterocycles. The van der Waals surface area contributed by atoms with Crippen LogP contribution in [0, 0.1) is 5.92 Å². The van der Waals surface area contributed by atoms with Crippen molar-refractivity contribution >= 4 is 36.0 Å². The van der Waals surface area contributed by atoms with Crippen molar-refractivity contribution < 1.29 is 14.3 Å². The Hall–Kier alpha value is -0.770. The highest BCUT2D eigenvalue weighted by Crippen LogP contribution is 2.15. The lowest BCUT2D eigenvalue weighted by Crippen LogP contribution is -2.63. The maximum Gasteiger partial charge on any atom is 0.410 e. The lowest BCUT2D eigenvalue weighted by Gasteiger charge is -2.40. The van der Waals surface area contributed by atoms with Gasteiger partial charge >= 0.3 is 6.09 Å². The second-order valence-electron chi connectivity index (χ2n) is 7.55. The molecule has 25 heavy (non-hydrogen) atoms. The smallest absolute Gasteiger partial charge is 0.410 e. The number of aliphatic imine (C=N–C) groups is 1. The van der Waals surface area contributed by atoms with Crippen LogP contribution in [0.4, 0.5) is 4.79 Å². The van der Waals surface area contributed by atoms with Crippen molar-refractivity contribution in [3.8, 4) is 0 Å². The molecule has 0 radical (unpaired) electrons. The fourth-order valence-electron chi connectivity index (χ4n) is 2.13. The van der Waals surface area contributed by atoms with Gasteiger partial charge in [-0.3, -0.25) is 4.99 Å². The Bertz CT molecular complexity index is 419. The van der Waals surface area contributed by atoms with Crippen LogP contribution in [0.5, 0.6) is 0 Å². The number of hydrogen-bond donors (Lipinski definition) is 2. The number of nitrogens with one attached hydrogen (secondary N) is 2. The number of carbonyl (C=O) groups is 1. The van der Waals surface area contributed by atoms with Crippen molar-refractivity contribution in [3.05, 3.63) is 0 Å². The first kappa shape index (κ1) is 24.2. The molecule has 1 saturated heterocycles. The van der Waals surface area contributed by atoms with Gasteiger partial charge in [0.15, 0.2) is 5.96 Å². The number of hydrogen-bond acceptors (Lipinski definition) is 4. The Balaban J connectivity index is 0.00000576. The summed E-state index contributed by atoms with van der Waals surface area (Å²) in [6, 6.07) is 0.209. The van der Waals surface area contributed by atoms with E-state index in [4.69, 9.17) is 9.47 Å². The minimum atomic E-state index is -0.454. The molecule has 1 aliphatic rings. The van der Waals surface area contributed by atoms with E-state index in [1.54, 1.807) is 11.9 Å². The Morgan fingerprint density at radius 3 is 2.48 bits per heavy atom. The van der Waals surface area contributed by atoms with Gasteiger partial charge in [0.05, 0.1) is 6.04 Å². The number of rotatable bonds is 7. The molecule has 0 bridgehead atoms. The van der Waals surface area contributed by atoms with Crippen LogP contribution in [0.1, 0.15) is 41.0 Å². The molecule has 0 aromatic carbocycles. The van der Waals surface area contributed by atoms with Crippen molar-refractivity contribution in [2.24, 2.45) is 10.9 Å². The van der Waals surface area contributed by atoms with E-state index in [2.05, 4.69) is 29.5 Å². The second kappa shape index (κ2) is 11.8. The van der Waals surface area contributed by atoms with E-state index in [1.165, 1.54) is 0 Å². The van der Waals surface area contributed by atoms with Crippen LogP contribution in [0.25, 0.3) is 0 Å². The summed E-state index contributed by atoms with van der Waals surface area (Å²) < 4.78 is 10.9. The third-order valence-electron chi connectivity index (χ3n) is 3.31. The molecular formula is C17H35IN4O3. The molecule has 0 saturated carbocycles. The first-order valence-corrected chi connectivity index (χ1v) is 8.74. The van der Waals surface area contributed by atoms with E-state index >= 15 is 0 Å². The number of carbonyl (C=O) groups excluding carboxylic acids is 1. The van der Waals surface area contributed by atoms with Gasteiger partial charge < -0.3 is 25.0 Å². The quantitative estimate of drug-likeness (QED) is 0.259. The molecule has 2 N–H and O–H groups in total. The molecule has 8 heteroatoms. The van der Waals surface area contributed by atoms with E-state index in [0.29, 0.717) is 19.0 Å². The predicted octanol–water partition coefficient (Wildman–Crippen LogP) is 2.45. The van der Waals surface area contributed by atoms with Gasteiger partial charge in [0.1, 0.15) is 5.60 Å². The normalized spacial score (nSPS) is 15.5. The number of nitrogens with zero attached hydrogens (tertiary/aromatic N) is 2. The molecular weight excluding hydrogens is 435 g/mol. The van der Waals surface area contributed by atoms with E-state index in [1.807, 2.05) is 20.8 Å². The van der Waals surface area contributed by atoms with Gasteiger partial charge in [-0.1, -0.05) is 13.8 Å². The number of guanidine groups is 1. The summed E-state index contributed by atoms with van der Waals surface area (Å²) in [5.74, 6) is 1.33. The van der Waals surface area contributed by atoms with Crippen LogP contribution in [-0.4, -0.2) is 68.5 Å². The number of likely N-dealkylation sites (tertiary alicyclic amines) is 1. The average Bonchev–Trinajstić information content (AvgIpc) is 2.41. The minimum Gasteiger partial charge on any atom is -0.444 e. The highest BCUT2D eigenvalue weighted by Gasteiger charge is 2.34. The maximum absolute atomic E-state index is 11.9. The fourth-order valence-corrected chi connectivity index (χ4v) is 2.13. The van der Waals surface area contributed by atoms with E-state index in [0.717, 1.165) is 32.1 Å². The zero-order chi connectivity index (χ0) is 18.2. The Morgan fingerprint density at radius 2 is 1.96 bits per heavy atom. The number of halogens is 1. The number of amides is 1. The summed E-state index contributed by atoms with van der Waals surface area (Å²) in [7, 11) is 1.74. The molecule has 1 amide bonds. The molecule has 0 aromatic heterocycles. The molecule has 0 aromatic rings. The fraction of sp³-hybridized carbons (Fsp3) is 0.882. The van der Waals surface area contributed by atoms with Crippen molar-refractivity contribution in [2.45, 2.75) is 52.7 Å². The van der Waals surface area contributed by atoms with Crippen molar-refractivity contribution in [3.63, 3.8) is 0 Å². The van der Waals surface area contributed by atoms with Gasteiger partial charge in [-0.2, -0.15) is 0 Å². The standard InChI is InChI=1S/C17H34N4O3.HI/c1-13(2)12-23-9-7-8-19-15(18-6)20-14-10-21(11-14)16(22)24-17(3,4)5;/h13-14H,7-12H2,1-6H3,(H2,18,19,20);1H. The highest BCUT2D eigenvalue weighted by molar-refractivity contribution is 14.0. The Morgan fingerprint density at radius 1 is 1.32 bits per heavy atom. The molecule has 0 atom stereocenters. The third-order valence-corrected chi connectivity index (χ3v) is 3.31. The summed E-state index contributed by atoms with van der Waals surface area (Å²) >= 11 is 0. The second-order valence-corrected chi connectivity index (χ2v) is 7.55. The van der Waals surface area contributed by atoms with E-state index < -0.39 is 5.60 Å². The van der Waals surface area contributed by atoms with Gasteiger partial charge in [0.25, 0.3) is 0 Å². The maximum atomic E-state index is 11.9. The number of ether oxygens (including phenoxy) is 2. The highest BCUT2D eigenvalue weighted by atomic mass is 127. The van der Waals surface area contributed by atoms with Gasteiger partial charge in [-0.05, 0) is 33.1 Å². The van der Waals surface area contributed by atoms with Gasteiger partial charge in [-0.15, -0.1) is 24.0 Å². The summed E-state index contributed by atoms with van der Waals surface area (Å²) in [6.07, 6.45) is 0.674. The Kier molecular flexibility index (Phi) is 11.4. The first-order chi connectivity index (χ1) is 11.2. The molecule has 148 valence electrons. The van der Waals surface area contributed by atoms with Gasteiger partial charge in [0, 0.05) is 39.9 Å². The third kappa shape index (κ3) is 10.7. The topological polar surface area (TPSA) is 75.2 Å². The van der Waals surface area contributed by atoms with Crippen molar-refractivity contribution in [1.82, 2.24) is 15.5 Å². The zero-order valence-corrected chi connectivity index (χ0v) is 18.8. The first-order valence-electron chi connectivity index (χ1n) is 8.74. The molecule has 1 fully saturated rings. The zero-order valence-electron chi connectivity index (χ0n) is 16.4. The van der Waals surface area contributed by atoms with Crippen LogP contribution in [0.2, 0.25) is 0 Å². The summed E-state index contributed by atoms with van der Waals surface area (Å²) in [6.45, 7) is 13.5. The summed E-state index contributed by atoms with van der Waals surface area (Å²) in [4.78, 5) is 17.8. The monoisotopic (exact) mass is 470 g/mol. The SMILES string of the molecule is CN=C(NCCCOCC(C)C)NC1CN(C(=O)OC(C)(C)C)C1.I. The molecule has 1 heterocycles. The summed E-state index contributed by atoms with van der Waals surface area (Å²) in [5.41, 5.74) is -0.454. The van der Waals surface area contributed by atoms with Crippen LogP contribution in [-0.2, 0) is 9.47 Å². The van der Waals surface area contributed by atoms with Crippen LogP contribution in [0.3, 0.4) is 0 Å². The largest absolute Gasteiger partial charge is 0.444 e. The van der Waals surface area contributed by atoms with Crippen molar-refractivity contribution in [2.75, 3.05) is 39.9 Å². The van der Waals surface area contributed by atoms with Crippen LogP contribution in [0.15, 0.2) is 4.99 Å². The molecule has 7 nitrogen and oxygen atoms in total. The lowest BCUT2D eigenvalue weighted by atomic mass is 10.1.